The third-order valence-electron chi connectivity index (χ3n) is 2.20. The third kappa shape index (κ3) is 1.28. The summed E-state index contributed by atoms with van der Waals surface area (Å²) in [7, 11) is -2.33. The largest absolute Gasteiger partial charge is 0.368 e. The van der Waals surface area contributed by atoms with Gasteiger partial charge in [0.1, 0.15) is 5.25 Å². The maximum Gasteiger partial charge on any atom is 0.239 e. The van der Waals surface area contributed by atoms with Gasteiger partial charge in [-0.05, 0) is 13.5 Å². The molecule has 0 aliphatic heterocycles. The number of nitrogens with zero attached hydrogens (tertiary/aromatic N) is 1. The Morgan fingerprint density at radius 1 is 1.77 bits per heavy atom. The molecule has 1 fully saturated rings. The molecular weight excluding hydrogens is 194 g/mol. The molecule has 0 spiro atoms. The van der Waals surface area contributed by atoms with Gasteiger partial charge in [-0.25, -0.2) is 13.1 Å². The molecule has 1 aliphatic rings. The van der Waals surface area contributed by atoms with Crippen LogP contribution in [0.5, 0.6) is 0 Å². The van der Waals surface area contributed by atoms with Crippen LogP contribution in [0.25, 0.3) is 0 Å². The number of nitrogens with two attached hydrogens (primary N) is 1. The molecule has 3 N–H and O–H groups in total. The van der Waals surface area contributed by atoms with Crippen LogP contribution >= 0.6 is 0 Å². The van der Waals surface area contributed by atoms with E-state index in [1.807, 2.05) is 0 Å². The molecule has 1 amide bonds. The number of nitriles is 1. The lowest BCUT2D eigenvalue weighted by Crippen LogP contribution is -2.33. The van der Waals surface area contributed by atoms with E-state index in [9.17, 15) is 13.2 Å². The van der Waals surface area contributed by atoms with Gasteiger partial charge < -0.3 is 5.73 Å². The normalized spacial score (nSPS) is 32.2. The number of hydrogen-bond donors (Lipinski definition) is 2. The first-order valence-electron chi connectivity index (χ1n) is 3.54. The summed E-state index contributed by atoms with van der Waals surface area (Å²) in [6.07, 6.45) is -0.0119. The molecule has 0 radical (unpaired) electrons. The van der Waals surface area contributed by atoms with E-state index in [0.717, 1.165) is 0 Å². The van der Waals surface area contributed by atoms with E-state index in [1.54, 1.807) is 6.07 Å². The van der Waals surface area contributed by atoms with E-state index >= 15 is 0 Å². The molecule has 13 heavy (non-hydrogen) atoms. The number of rotatable bonds is 3. The fraction of sp³-hybridized carbons (Fsp3) is 0.667. The first-order valence-corrected chi connectivity index (χ1v) is 5.09. The Bertz CT molecular complexity index is 382. The molecule has 1 saturated carbocycles. The maximum absolute atomic E-state index is 11.2. The van der Waals surface area contributed by atoms with Gasteiger partial charge in [0.2, 0.25) is 15.9 Å². The van der Waals surface area contributed by atoms with Crippen molar-refractivity contribution in [2.75, 3.05) is 7.05 Å². The number of carbonyl (C=O) groups is 1. The molecule has 2 atom stereocenters. The number of nitrogens with one attached hydrogen (secondary N) is 1. The molecule has 0 aromatic rings. The van der Waals surface area contributed by atoms with Crippen LogP contribution in [0, 0.1) is 16.7 Å². The summed E-state index contributed by atoms with van der Waals surface area (Å²) < 4.78 is 24.4. The Balaban J connectivity index is 2.97. The summed E-state index contributed by atoms with van der Waals surface area (Å²) in [6, 6.07) is 1.65. The minimum atomic E-state index is -3.56. The summed E-state index contributed by atoms with van der Waals surface area (Å²) in [5.74, 6) is -0.876. The van der Waals surface area contributed by atoms with Crippen LogP contribution in [-0.4, -0.2) is 26.6 Å². The molecule has 7 heteroatoms. The van der Waals surface area contributed by atoms with Crippen molar-refractivity contribution in [2.24, 2.45) is 11.1 Å². The minimum absolute atomic E-state index is 0.0119. The highest BCUT2D eigenvalue weighted by Gasteiger charge is 2.66. The number of amides is 1. The average Bonchev–Trinajstić information content (AvgIpc) is 2.80. The van der Waals surface area contributed by atoms with Gasteiger partial charge in [-0.2, -0.15) is 5.26 Å². The Hall–Kier alpha value is -1.13. The van der Waals surface area contributed by atoms with Crippen molar-refractivity contribution in [3.8, 4) is 6.07 Å². The van der Waals surface area contributed by atoms with Gasteiger partial charge in [-0.3, -0.25) is 4.79 Å². The highest BCUT2D eigenvalue weighted by atomic mass is 32.2. The fourth-order valence-electron chi connectivity index (χ4n) is 1.18. The van der Waals surface area contributed by atoms with Crippen LogP contribution in [0.2, 0.25) is 0 Å². The lowest BCUT2D eigenvalue weighted by molar-refractivity contribution is -0.121. The third-order valence-corrected chi connectivity index (χ3v) is 4.08. The zero-order valence-corrected chi connectivity index (χ0v) is 7.76. The maximum atomic E-state index is 11.2. The van der Waals surface area contributed by atoms with Crippen LogP contribution in [0.1, 0.15) is 6.42 Å². The van der Waals surface area contributed by atoms with E-state index in [-0.39, 0.29) is 6.42 Å². The molecule has 72 valence electrons. The quantitative estimate of drug-likeness (QED) is 0.569. The second-order valence-corrected chi connectivity index (χ2v) is 4.96. The Kier molecular flexibility index (Phi) is 2.05. The number of sulfonamides is 1. The molecule has 1 rings (SSSR count). The van der Waals surface area contributed by atoms with E-state index in [4.69, 9.17) is 11.0 Å². The van der Waals surface area contributed by atoms with Crippen LogP contribution in [0.4, 0.5) is 0 Å². The summed E-state index contributed by atoms with van der Waals surface area (Å²) in [5, 5.41) is 7.62. The van der Waals surface area contributed by atoms with Crippen molar-refractivity contribution < 1.29 is 13.2 Å². The second kappa shape index (κ2) is 2.68. The van der Waals surface area contributed by atoms with E-state index in [1.165, 1.54) is 7.05 Å². The van der Waals surface area contributed by atoms with Crippen molar-refractivity contribution in [3.63, 3.8) is 0 Å². The van der Waals surface area contributed by atoms with Gasteiger partial charge in [0.25, 0.3) is 0 Å². The van der Waals surface area contributed by atoms with Crippen molar-refractivity contribution in [3.05, 3.63) is 0 Å². The summed E-state index contributed by atoms with van der Waals surface area (Å²) in [6.45, 7) is 0. The summed E-state index contributed by atoms with van der Waals surface area (Å²) in [5.41, 5.74) is 3.42. The van der Waals surface area contributed by atoms with Crippen molar-refractivity contribution in [1.82, 2.24) is 4.72 Å². The fourth-order valence-corrected chi connectivity index (χ4v) is 2.65. The number of primary amides is 1. The van der Waals surface area contributed by atoms with Crippen molar-refractivity contribution in [1.29, 1.82) is 5.26 Å². The SMILES string of the molecule is CNS(=O)(=O)[C@H]1C[C@]1(C#N)C(N)=O. The van der Waals surface area contributed by atoms with Crippen molar-refractivity contribution in [2.45, 2.75) is 11.7 Å². The molecule has 0 aromatic carbocycles. The standard InChI is InChI=1S/C6H9N3O3S/c1-9-13(11,12)4-2-6(4,3-7)5(8)10/h4,9H,2H2,1H3,(H2,8,10)/t4-,6+/m0/s1. The topological polar surface area (TPSA) is 113 Å². The molecule has 0 bridgehead atoms. The van der Waals surface area contributed by atoms with Gasteiger partial charge in [0.05, 0.1) is 6.07 Å². The van der Waals surface area contributed by atoms with E-state index in [2.05, 4.69) is 4.72 Å². The van der Waals surface area contributed by atoms with Gasteiger partial charge >= 0.3 is 0 Å². The predicted molar refractivity (Wildman–Crippen MR) is 43.6 cm³/mol. The van der Waals surface area contributed by atoms with Crippen LogP contribution < -0.4 is 10.5 Å². The monoisotopic (exact) mass is 203 g/mol. The highest BCUT2D eigenvalue weighted by Crippen LogP contribution is 2.49. The Labute approximate surface area is 75.8 Å². The minimum Gasteiger partial charge on any atom is -0.368 e. The highest BCUT2D eigenvalue weighted by molar-refractivity contribution is 7.90. The molecule has 1 aliphatic carbocycles. The zero-order valence-electron chi connectivity index (χ0n) is 6.94. The summed E-state index contributed by atoms with van der Waals surface area (Å²) in [4.78, 5) is 10.8. The molecule has 0 saturated heterocycles. The molecule has 0 aromatic heterocycles. The van der Waals surface area contributed by atoms with Gasteiger partial charge in [-0.15, -0.1) is 0 Å². The molecule has 6 nitrogen and oxygen atoms in total. The van der Waals surface area contributed by atoms with Crippen LogP contribution in [0.3, 0.4) is 0 Å². The van der Waals surface area contributed by atoms with E-state index < -0.39 is 26.6 Å². The van der Waals surface area contributed by atoms with Crippen molar-refractivity contribution >= 4 is 15.9 Å². The smallest absolute Gasteiger partial charge is 0.239 e. The lowest BCUT2D eigenvalue weighted by Gasteiger charge is -2.03. The zero-order chi connectivity index (χ0) is 10.3. The summed E-state index contributed by atoms with van der Waals surface area (Å²) >= 11 is 0. The van der Waals surface area contributed by atoms with Gasteiger partial charge in [0.15, 0.2) is 5.41 Å². The second-order valence-electron chi connectivity index (χ2n) is 2.89. The molecular formula is C6H9N3O3S. The first-order chi connectivity index (χ1) is 5.90. The van der Waals surface area contributed by atoms with Gasteiger partial charge in [-0.1, -0.05) is 0 Å². The van der Waals surface area contributed by atoms with Crippen LogP contribution in [0.15, 0.2) is 0 Å². The predicted octanol–water partition coefficient (Wildman–Crippen LogP) is -1.70. The van der Waals surface area contributed by atoms with Gasteiger partial charge in [0, 0.05) is 0 Å². The molecule has 0 unspecified atom stereocenters. The number of hydrogen-bond acceptors (Lipinski definition) is 4. The average molecular weight is 203 g/mol. The first kappa shape index (κ1) is 9.95. The van der Waals surface area contributed by atoms with E-state index in [0.29, 0.717) is 0 Å². The Morgan fingerprint density at radius 2 is 2.31 bits per heavy atom. The Morgan fingerprint density at radius 3 is 2.54 bits per heavy atom. The lowest BCUT2D eigenvalue weighted by atomic mass is 10.1. The van der Waals surface area contributed by atoms with Crippen LogP contribution in [-0.2, 0) is 14.8 Å². The molecule has 0 heterocycles. The number of carbonyl (C=O) groups excluding carboxylic acids is 1.